The van der Waals surface area contributed by atoms with E-state index in [4.69, 9.17) is 0 Å². The maximum Gasteiger partial charge on any atom is 0.242 e. The van der Waals surface area contributed by atoms with E-state index in [1.165, 1.54) is 18.4 Å². The lowest BCUT2D eigenvalue weighted by molar-refractivity contribution is -0.116. The van der Waals surface area contributed by atoms with Crippen molar-refractivity contribution in [1.82, 2.24) is 13.9 Å². The molecule has 1 aromatic heterocycles. The summed E-state index contributed by atoms with van der Waals surface area (Å²) in [5.41, 5.74) is 4.41. The Hall–Kier alpha value is -2.71. The zero-order chi connectivity index (χ0) is 22.1. The van der Waals surface area contributed by atoms with Gasteiger partial charge in [0.2, 0.25) is 15.9 Å². The predicted molar refractivity (Wildman–Crippen MR) is 119 cm³/mol. The van der Waals surface area contributed by atoms with Crippen LogP contribution in [-0.2, 0) is 27.8 Å². The second-order valence-corrected chi connectivity index (χ2v) is 9.73. The fourth-order valence-corrected chi connectivity index (χ4v) is 4.31. The molecule has 3 rings (SSSR count). The molecule has 160 valence electrons. The van der Waals surface area contributed by atoms with Gasteiger partial charge >= 0.3 is 0 Å². The van der Waals surface area contributed by atoms with Gasteiger partial charge in [0.1, 0.15) is 5.82 Å². The Kier molecular flexibility index (Phi) is 6.28. The summed E-state index contributed by atoms with van der Waals surface area (Å²) < 4.78 is 28.0. The highest BCUT2D eigenvalue weighted by Crippen LogP contribution is 2.23. The molecule has 0 aliphatic carbocycles. The molecule has 0 radical (unpaired) electrons. The monoisotopic (exact) mass is 428 g/mol. The number of nitrogens with one attached hydrogen (secondary N) is 1. The first-order valence-corrected chi connectivity index (χ1v) is 11.4. The number of imidazole rings is 1. The average molecular weight is 429 g/mol. The summed E-state index contributed by atoms with van der Waals surface area (Å²) in [7, 11) is -0.518. The molecule has 7 nitrogen and oxygen atoms in total. The molecule has 0 aliphatic rings. The SMILES string of the molecule is CCn1c(CCC(=O)Nc2cc(C)ccc2C)nc2cc(S(=O)(=O)N(C)C)ccc21. The number of amides is 1. The van der Waals surface area contributed by atoms with Gasteiger partial charge in [0.25, 0.3) is 0 Å². The summed E-state index contributed by atoms with van der Waals surface area (Å²) in [4.78, 5) is 17.3. The number of benzene rings is 2. The van der Waals surface area contributed by atoms with Crippen LogP contribution in [0.2, 0.25) is 0 Å². The zero-order valence-electron chi connectivity index (χ0n) is 18.1. The maximum atomic E-state index is 12.5. The summed E-state index contributed by atoms with van der Waals surface area (Å²) in [5, 5.41) is 2.97. The van der Waals surface area contributed by atoms with Crippen molar-refractivity contribution in [3.05, 3.63) is 53.3 Å². The van der Waals surface area contributed by atoms with Crippen molar-refractivity contribution in [2.75, 3.05) is 19.4 Å². The number of carbonyl (C=O) groups excluding carboxylic acids is 1. The molecule has 0 spiro atoms. The highest BCUT2D eigenvalue weighted by atomic mass is 32.2. The molecule has 0 aliphatic heterocycles. The first kappa shape index (κ1) is 22.0. The van der Waals surface area contributed by atoms with Crippen LogP contribution >= 0.6 is 0 Å². The highest BCUT2D eigenvalue weighted by Gasteiger charge is 2.19. The van der Waals surface area contributed by atoms with Crippen LogP contribution in [0.4, 0.5) is 5.69 Å². The zero-order valence-corrected chi connectivity index (χ0v) is 18.9. The van der Waals surface area contributed by atoms with Gasteiger partial charge in [-0.25, -0.2) is 17.7 Å². The number of rotatable bonds is 7. The van der Waals surface area contributed by atoms with Crippen LogP contribution in [0, 0.1) is 13.8 Å². The number of sulfonamides is 1. The smallest absolute Gasteiger partial charge is 0.242 e. The Morgan fingerprint density at radius 3 is 2.53 bits per heavy atom. The first-order valence-electron chi connectivity index (χ1n) is 9.92. The van der Waals surface area contributed by atoms with Crippen molar-refractivity contribution < 1.29 is 13.2 Å². The third kappa shape index (κ3) is 4.39. The van der Waals surface area contributed by atoms with Crippen molar-refractivity contribution in [2.45, 2.75) is 45.1 Å². The third-order valence-corrected chi connectivity index (χ3v) is 6.95. The Morgan fingerprint density at radius 1 is 1.13 bits per heavy atom. The van der Waals surface area contributed by atoms with Gasteiger partial charge < -0.3 is 9.88 Å². The summed E-state index contributed by atoms with van der Waals surface area (Å²) in [6, 6.07) is 10.9. The molecule has 1 N–H and O–H groups in total. The third-order valence-electron chi connectivity index (χ3n) is 5.14. The van der Waals surface area contributed by atoms with Gasteiger partial charge in [0.05, 0.1) is 15.9 Å². The summed E-state index contributed by atoms with van der Waals surface area (Å²) in [6.07, 6.45) is 0.758. The van der Waals surface area contributed by atoms with E-state index in [-0.39, 0.29) is 10.8 Å². The number of hydrogen-bond acceptors (Lipinski definition) is 4. The number of anilines is 1. The number of carbonyl (C=O) groups is 1. The maximum absolute atomic E-state index is 12.5. The molecule has 30 heavy (non-hydrogen) atoms. The predicted octanol–water partition coefficient (Wildman–Crippen LogP) is 3.49. The molecular weight excluding hydrogens is 400 g/mol. The molecule has 0 fully saturated rings. The summed E-state index contributed by atoms with van der Waals surface area (Å²) in [5.74, 6) is 0.692. The van der Waals surface area contributed by atoms with Gasteiger partial charge in [0.15, 0.2) is 0 Å². The Balaban J connectivity index is 1.82. The first-order chi connectivity index (χ1) is 14.1. The average Bonchev–Trinajstić information content (AvgIpc) is 3.05. The molecule has 0 bridgehead atoms. The lowest BCUT2D eigenvalue weighted by Crippen LogP contribution is -2.22. The number of fused-ring (bicyclic) bond motifs is 1. The van der Waals surface area contributed by atoms with Gasteiger partial charge in [-0.1, -0.05) is 12.1 Å². The van der Waals surface area contributed by atoms with Crippen LogP contribution in [0.15, 0.2) is 41.3 Å². The largest absolute Gasteiger partial charge is 0.328 e. The van der Waals surface area contributed by atoms with Crippen LogP contribution in [-0.4, -0.2) is 42.3 Å². The van der Waals surface area contributed by atoms with E-state index in [0.717, 1.165) is 28.2 Å². The molecule has 0 atom stereocenters. The van der Waals surface area contributed by atoms with E-state index in [0.29, 0.717) is 24.9 Å². The van der Waals surface area contributed by atoms with Crippen LogP contribution in [0.25, 0.3) is 11.0 Å². The molecule has 0 saturated carbocycles. The molecule has 2 aromatic carbocycles. The van der Waals surface area contributed by atoms with Crippen LogP contribution in [0.3, 0.4) is 0 Å². The van der Waals surface area contributed by atoms with Crippen molar-refractivity contribution in [3.63, 3.8) is 0 Å². The lowest BCUT2D eigenvalue weighted by atomic mass is 10.1. The van der Waals surface area contributed by atoms with E-state index < -0.39 is 10.0 Å². The lowest BCUT2D eigenvalue weighted by Gasteiger charge is -2.11. The Bertz CT molecular complexity index is 1200. The van der Waals surface area contributed by atoms with E-state index >= 15 is 0 Å². The van der Waals surface area contributed by atoms with Gasteiger partial charge in [-0.15, -0.1) is 0 Å². The topological polar surface area (TPSA) is 84.3 Å². The van der Waals surface area contributed by atoms with Crippen LogP contribution < -0.4 is 5.32 Å². The van der Waals surface area contributed by atoms with E-state index in [1.54, 1.807) is 18.2 Å². The highest BCUT2D eigenvalue weighted by molar-refractivity contribution is 7.89. The minimum absolute atomic E-state index is 0.0747. The van der Waals surface area contributed by atoms with Gasteiger partial charge in [0, 0.05) is 39.2 Å². The second-order valence-electron chi connectivity index (χ2n) is 7.58. The fraction of sp³-hybridized carbons (Fsp3) is 0.364. The quantitative estimate of drug-likeness (QED) is 0.624. The van der Waals surface area contributed by atoms with Crippen LogP contribution in [0.1, 0.15) is 30.3 Å². The molecule has 3 aromatic rings. The van der Waals surface area contributed by atoms with Crippen molar-refractivity contribution in [3.8, 4) is 0 Å². The van der Waals surface area contributed by atoms with Crippen LogP contribution in [0.5, 0.6) is 0 Å². The van der Waals surface area contributed by atoms with Crippen molar-refractivity contribution >= 4 is 32.7 Å². The molecule has 1 heterocycles. The minimum atomic E-state index is -3.53. The van der Waals surface area contributed by atoms with E-state index in [9.17, 15) is 13.2 Å². The second kappa shape index (κ2) is 8.57. The van der Waals surface area contributed by atoms with Crippen molar-refractivity contribution in [1.29, 1.82) is 0 Å². The van der Waals surface area contributed by atoms with E-state index in [2.05, 4.69) is 10.3 Å². The molecule has 0 unspecified atom stereocenters. The normalized spacial score (nSPS) is 11.9. The standard InChI is InChI=1S/C22H28N4O3S/c1-6-26-20-10-9-17(30(28,29)25(4)5)14-19(20)23-21(26)11-12-22(27)24-18-13-15(2)7-8-16(18)3/h7-10,13-14H,6,11-12H2,1-5H3,(H,24,27). The number of hydrogen-bond donors (Lipinski definition) is 1. The molecule has 0 saturated heterocycles. The minimum Gasteiger partial charge on any atom is -0.328 e. The molecule has 1 amide bonds. The molecular formula is C22H28N4O3S. The summed E-state index contributed by atoms with van der Waals surface area (Å²) in [6.45, 7) is 6.64. The molecule has 8 heteroatoms. The van der Waals surface area contributed by atoms with Gasteiger partial charge in [-0.3, -0.25) is 4.79 Å². The van der Waals surface area contributed by atoms with Gasteiger partial charge in [-0.05, 0) is 56.2 Å². The Morgan fingerprint density at radius 2 is 1.87 bits per heavy atom. The van der Waals surface area contributed by atoms with E-state index in [1.807, 2.05) is 43.5 Å². The number of aromatic nitrogens is 2. The summed E-state index contributed by atoms with van der Waals surface area (Å²) >= 11 is 0. The number of aryl methyl sites for hydroxylation is 4. The van der Waals surface area contributed by atoms with Gasteiger partial charge in [-0.2, -0.15) is 0 Å². The Labute approximate surface area is 177 Å². The fourth-order valence-electron chi connectivity index (χ4n) is 3.38. The number of nitrogens with zero attached hydrogens (tertiary/aromatic N) is 3. The van der Waals surface area contributed by atoms with Crippen molar-refractivity contribution in [2.24, 2.45) is 0 Å².